The van der Waals surface area contributed by atoms with Crippen LogP contribution in [0.15, 0.2) is 85.6 Å². The van der Waals surface area contributed by atoms with Crippen LogP contribution in [0.5, 0.6) is 5.75 Å². The molecule has 0 fully saturated rings. The number of methoxy groups -OCH3 is 1. The molecule has 168 valence electrons. The summed E-state index contributed by atoms with van der Waals surface area (Å²) in [5.41, 5.74) is 5.38. The maximum atomic E-state index is 5.77. The van der Waals surface area contributed by atoms with Crippen LogP contribution in [-0.4, -0.2) is 36.8 Å². The smallest absolute Gasteiger partial charge is 0.187 e. The molecule has 8 nitrogen and oxygen atoms in total. The number of aryl methyl sites for hydroxylation is 1. The molecule has 1 aromatic carbocycles. The molecule has 0 radical (unpaired) electrons. The number of ether oxygens (including phenoxy) is 1. The number of anilines is 1. The summed E-state index contributed by atoms with van der Waals surface area (Å²) in [6.45, 7) is 0.546. The van der Waals surface area contributed by atoms with Gasteiger partial charge in [-0.05, 0) is 35.9 Å². The van der Waals surface area contributed by atoms with Crippen molar-refractivity contribution in [1.29, 1.82) is 0 Å². The van der Waals surface area contributed by atoms with Crippen molar-refractivity contribution in [2.75, 3.05) is 12.4 Å². The van der Waals surface area contributed by atoms with Crippen molar-refractivity contribution < 1.29 is 4.74 Å². The maximum absolute atomic E-state index is 5.77. The van der Waals surface area contributed by atoms with E-state index in [1.807, 2.05) is 74.0 Å². The van der Waals surface area contributed by atoms with E-state index >= 15 is 0 Å². The van der Waals surface area contributed by atoms with E-state index < -0.39 is 0 Å². The Morgan fingerprint density at radius 3 is 2.47 bits per heavy atom. The summed E-state index contributed by atoms with van der Waals surface area (Å²) in [4.78, 5) is 18.1. The fraction of sp³-hybridized carbons (Fsp3) is 0.115. The lowest BCUT2D eigenvalue weighted by Gasteiger charge is -2.16. The molecule has 8 heteroatoms. The number of benzene rings is 1. The quantitative estimate of drug-likeness (QED) is 0.388. The van der Waals surface area contributed by atoms with E-state index in [0.717, 1.165) is 27.9 Å². The number of pyridine rings is 2. The predicted molar refractivity (Wildman–Crippen MR) is 131 cm³/mol. The fourth-order valence-electron chi connectivity index (χ4n) is 3.67. The molecule has 4 heterocycles. The van der Waals surface area contributed by atoms with Crippen LogP contribution < -0.4 is 10.1 Å². The van der Waals surface area contributed by atoms with Crippen molar-refractivity contribution in [3.05, 3.63) is 91.1 Å². The lowest BCUT2D eigenvalue weighted by Crippen LogP contribution is -2.07. The van der Waals surface area contributed by atoms with Crippen molar-refractivity contribution >= 4 is 5.82 Å². The Morgan fingerprint density at radius 2 is 1.74 bits per heavy atom. The molecule has 0 saturated carbocycles. The Bertz CT molecular complexity index is 1400. The number of hydrogen-bond donors (Lipinski definition) is 1. The van der Waals surface area contributed by atoms with E-state index in [4.69, 9.17) is 14.7 Å². The van der Waals surface area contributed by atoms with Gasteiger partial charge < -0.3 is 10.1 Å². The number of aromatic nitrogens is 6. The zero-order valence-corrected chi connectivity index (χ0v) is 18.9. The minimum atomic E-state index is 0.546. The van der Waals surface area contributed by atoms with Crippen LogP contribution >= 0.6 is 0 Å². The molecule has 1 N–H and O–H groups in total. The third-order valence-corrected chi connectivity index (χ3v) is 5.34. The molecule has 0 aliphatic heterocycles. The van der Waals surface area contributed by atoms with Crippen molar-refractivity contribution in [1.82, 2.24) is 29.7 Å². The Morgan fingerprint density at radius 1 is 0.882 bits per heavy atom. The zero-order chi connectivity index (χ0) is 23.3. The van der Waals surface area contributed by atoms with Gasteiger partial charge in [0.25, 0.3) is 0 Å². The SMILES string of the molecule is COc1c(NCc2cccnc2)nc(-c2cccc(-c3ccn(C)n3)c2)nc1-c1ccncc1. The van der Waals surface area contributed by atoms with Gasteiger partial charge in [-0.25, -0.2) is 9.97 Å². The first-order valence-electron chi connectivity index (χ1n) is 10.8. The van der Waals surface area contributed by atoms with Gasteiger partial charge in [0.05, 0.1) is 12.8 Å². The average molecular weight is 450 g/mol. The van der Waals surface area contributed by atoms with E-state index in [1.165, 1.54) is 0 Å². The van der Waals surface area contributed by atoms with Crippen LogP contribution in [0.25, 0.3) is 33.9 Å². The van der Waals surface area contributed by atoms with E-state index in [1.54, 1.807) is 30.4 Å². The van der Waals surface area contributed by atoms with Gasteiger partial charge in [-0.3, -0.25) is 14.6 Å². The Balaban J connectivity index is 1.61. The second-order valence-corrected chi connectivity index (χ2v) is 7.68. The molecule has 5 rings (SSSR count). The zero-order valence-electron chi connectivity index (χ0n) is 18.9. The predicted octanol–water partition coefficient (Wildman–Crippen LogP) is 4.62. The fourth-order valence-corrected chi connectivity index (χ4v) is 3.67. The Labute approximate surface area is 197 Å². The van der Waals surface area contributed by atoms with Gasteiger partial charge in [-0.1, -0.05) is 24.3 Å². The van der Waals surface area contributed by atoms with Gasteiger partial charge in [-0.2, -0.15) is 5.10 Å². The van der Waals surface area contributed by atoms with Gasteiger partial charge in [0, 0.05) is 61.3 Å². The van der Waals surface area contributed by atoms with Gasteiger partial charge in [0.1, 0.15) is 5.69 Å². The number of rotatable bonds is 7. The molecule has 0 unspecified atom stereocenters. The summed E-state index contributed by atoms with van der Waals surface area (Å²) in [5, 5.41) is 7.92. The number of nitrogens with one attached hydrogen (secondary N) is 1. The Hall–Kier alpha value is -4.59. The lowest BCUT2D eigenvalue weighted by atomic mass is 10.1. The highest BCUT2D eigenvalue weighted by Gasteiger charge is 2.18. The summed E-state index contributed by atoms with van der Waals surface area (Å²) >= 11 is 0. The average Bonchev–Trinajstić information content (AvgIpc) is 3.34. The van der Waals surface area contributed by atoms with Crippen LogP contribution in [0.1, 0.15) is 5.56 Å². The van der Waals surface area contributed by atoms with Gasteiger partial charge in [-0.15, -0.1) is 0 Å². The molecule has 0 atom stereocenters. The Kier molecular flexibility index (Phi) is 5.94. The third kappa shape index (κ3) is 4.47. The molecular weight excluding hydrogens is 426 g/mol. The molecule has 0 bridgehead atoms. The molecule has 5 aromatic rings. The highest BCUT2D eigenvalue weighted by atomic mass is 16.5. The van der Waals surface area contributed by atoms with Crippen LogP contribution in [-0.2, 0) is 13.6 Å². The first kappa shape index (κ1) is 21.3. The summed E-state index contributed by atoms with van der Waals surface area (Å²) in [7, 11) is 3.53. The molecule has 4 aromatic heterocycles. The normalized spacial score (nSPS) is 10.8. The van der Waals surface area contributed by atoms with Crippen LogP contribution in [0.2, 0.25) is 0 Å². The summed E-state index contributed by atoms with van der Waals surface area (Å²) in [6, 6.07) is 17.8. The number of hydrogen-bond acceptors (Lipinski definition) is 7. The molecule has 0 aliphatic carbocycles. The van der Waals surface area contributed by atoms with Crippen LogP contribution in [0.4, 0.5) is 5.82 Å². The second-order valence-electron chi connectivity index (χ2n) is 7.68. The van der Waals surface area contributed by atoms with Crippen molar-refractivity contribution in [3.63, 3.8) is 0 Å². The number of nitrogens with zero attached hydrogens (tertiary/aromatic N) is 6. The lowest BCUT2D eigenvalue weighted by molar-refractivity contribution is 0.414. The minimum Gasteiger partial charge on any atom is -0.491 e. The first-order valence-corrected chi connectivity index (χ1v) is 10.8. The second kappa shape index (κ2) is 9.50. The summed E-state index contributed by atoms with van der Waals surface area (Å²) in [5.74, 6) is 1.75. The topological polar surface area (TPSA) is 90.6 Å². The molecule has 34 heavy (non-hydrogen) atoms. The van der Waals surface area contributed by atoms with Crippen molar-refractivity contribution in [2.24, 2.45) is 7.05 Å². The highest BCUT2D eigenvalue weighted by molar-refractivity contribution is 5.77. The van der Waals surface area contributed by atoms with Crippen molar-refractivity contribution in [3.8, 4) is 39.7 Å². The first-order chi connectivity index (χ1) is 16.7. The highest BCUT2D eigenvalue weighted by Crippen LogP contribution is 2.36. The van der Waals surface area contributed by atoms with Crippen LogP contribution in [0.3, 0.4) is 0 Å². The largest absolute Gasteiger partial charge is 0.491 e. The van der Waals surface area contributed by atoms with E-state index in [0.29, 0.717) is 29.6 Å². The monoisotopic (exact) mass is 449 g/mol. The minimum absolute atomic E-state index is 0.546. The summed E-state index contributed by atoms with van der Waals surface area (Å²) < 4.78 is 7.56. The molecule has 0 amide bonds. The third-order valence-electron chi connectivity index (χ3n) is 5.34. The molecule has 0 spiro atoms. The van der Waals surface area contributed by atoms with E-state index in [2.05, 4.69) is 20.4 Å². The van der Waals surface area contributed by atoms with Gasteiger partial charge in [0.15, 0.2) is 17.4 Å². The molecule has 0 saturated heterocycles. The molecular formula is C26H23N7O. The van der Waals surface area contributed by atoms with Crippen molar-refractivity contribution in [2.45, 2.75) is 6.54 Å². The summed E-state index contributed by atoms with van der Waals surface area (Å²) in [6.07, 6.45) is 8.97. The van der Waals surface area contributed by atoms with Gasteiger partial charge in [0.2, 0.25) is 0 Å². The van der Waals surface area contributed by atoms with E-state index in [9.17, 15) is 0 Å². The molecule has 0 aliphatic rings. The van der Waals surface area contributed by atoms with Gasteiger partial charge >= 0.3 is 0 Å². The van der Waals surface area contributed by atoms with Crippen LogP contribution in [0, 0.1) is 0 Å². The standard InChI is InChI=1S/C26H23N7O/c1-33-14-10-22(32-33)20-6-3-7-21(15-20)25-30-23(19-8-12-27-13-9-19)24(34-2)26(31-25)29-17-18-5-4-11-28-16-18/h3-16H,17H2,1-2H3,(H,29,30,31). The van der Waals surface area contributed by atoms with E-state index in [-0.39, 0.29) is 0 Å². The maximum Gasteiger partial charge on any atom is 0.187 e.